The Morgan fingerprint density at radius 1 is 1.07 bits per heavy atom. The zero-order valence-corrected chi connectivity index (χ0v) is 16.5. The van der Waals surface area contributed by atoms with Crippen molar-refractivity contribution in [1.82, 2.24) is 5.43 Å². The van der Waals surface area contributed by atoms with Crippen molar-refractivity contribution in [2.75, 3.05) is 0 Å². The van der Waals surface area contributed by atoms with E-state index >= 15 is 0 Å². The van der Waals surface area contributed by atoms with Crippen LogP contribution in [0, 0.1) is 13.8 Å². The molecule has 1 aromatic carbocycles. The lowest BCUT2D eigenvalue weighted by Gasteiger charge is -2.02. The van der Waals surface area contributed by atoms with Crippen molar-refractivity contribution < 1.29 is 22.0 Å². The molecule has 3 aromatic rings. The Hall–Kier alpha value is -3.13. The van der Waals surface area contributed by atoms with Crippen LogP contribution in [0.1, 0.15) is 40.3 Å². The van der Waals surface area contributed by atoms with Crippen molar-refractivity contribution in [3.8, 4) is 0 Å². The highest BCUT2D eigenvalue weighted by Gasteiger charge is 2.19. The van der Waals surface area contributed by atoms with E-state index in [0.29, 0.717) is 11.5 Å². The third-order valence-corrected chi connectivity index (χ3v) is 5.73. The summed E-state index contributed by atoms with van der Waals surface area (Å²) in [5, 5.41) is 4.06. The fourth-order valence-corrected chi connectivity index (χ4v) is 3.98. The lowest BCUT2D eigenvalue weighted by molar-refractivity contribution is 0.0925. The number of hydrogen-bond donors (Lipinski definition) is 1. The highest BCUT2D eigenvalue weighted by atomic mass is 32.2. The Balaban J connectivity index is 1.69. The SMILES string of the molecule is C/C(=N/NC(=O)c1ccc(CS(=O)(=O)c2ccccc2)o1)c1cc(C)oc1C. The molecular formula is C20H20N2O5S. The van der Waals surface area contributed by atoms with E-state index in [1.165, 1.54) is 24.3 Å². The van der Waals surface area contributed by atoms with E-state index in [0.717, 1.165) is 11.3 Å². The Morgan fingerprint density at radius 3 is 2.43 bits per heavy atom. The summed E-state index contributed by atoms with van der Waals surface area (Å²) in [6, 6.07) is 12.8. The van der Waals surface area contributed by atoms with Gasteiger partial charge in [-0.05, 0) is 51.1 Å². The molecule has 0 atom stereocenters. The van der Waals surface area contributed by atoms with Crippen LogP contribution < -0.4 is 5.43 Å². The van der Waals surface area contributed by atoms with Gasteiger partial charge in [0.05, 0.1) is 10.6 Å². The van der Waals surface area contributed by atoms with E-state index < -0.39 is 15.7 Å². The highest BCUT2D eigenvalue weighted by Crippen LogP contribution is 2.18. The van der Waals surface area contributed by atoms with Crippen LogP contribution in [0.15, 0.2) is 67.4 Å². The Kier molecular flexibility index (Phi) is 5.51. The molecule has 3 rings (SSSR count). The third-order valence-electron chi connectivity index (χ3n) is 4.08. The zero-order valence-electron chi connectivity index (χ0n) is 15.7. The summed E-state index contributed by atoms with van der Waals surface area (Å²) in [5.74, 6) is 0.717. The average Bonchev–Trinajstić information content (AvgIpc) is 3.25. The van der Waals surface area contributed by atoms with Crippen molar-refractivity contribution in [3.05, 3.63) is 77.1 Å². The van der Waals surface area contributed by atoms with Gasteiger partial charge in [0.15, 0.2) is 15.6 Å². The second-order valence-electron chi connectivity index (χ2n) is 6.30. The number of nitrogens with zero attached hydrogens (tertiary/aromatic N) is 1. The van der Waals surface area contributed by atoms with Crippen LogP contribution in [-0.2, 0) is 15.6 Å². The third kappa shape index (κ3) is 4.40. The molecular weight excluding hydrogens is 380 g/mol. The van der Waals surface area contributed by atoms with Crippen LogP contribution in [0.25, 0.3) is 0 Å². The number of carbonyl (C=O) groups is 1. The van der Waals surface area contributed by atoms with Gasteiger partial charge in [-0.25, -0.2) is 13.8 Å². The lowest BCUT2D eigenvalue weighted by Crippen LogP contribution is -2.18. The van der Waals surface area contributed by atoms with Gasteiger partial charge in [0, 0.05) is 5.56 Å². The molecule has 1 N–H and O–H groups in total. The second-order valence-corrected chi connectivity index (χ2v) is 8.29. The maximum Gasteiger partial charge on any atom is 0.307 e. The van der Waals surface area contributed by atoms with Crippen LogP contribution in [0.5, 0.6) is 0 Å². The van der Waals surface area contributed by atoms with E-state index in [-0.39, 0.29) is 22.2 Å². The van der Waals surface area contributed by atoms with Gasteiger partial charge in [-0.15, -0.1) is 0 Å². The maximum absolute atomic E-state index is 12.4. The molecule has 0 saturated carbocycles. The van der Waals surface area contributed by atoms with Crippen molar-refractivity contribution in [2.45, 2.75) is 31.4 Å². The number of benzene rings is 1. The van der Waals surface area contributed by atoms with Crippen LogP contribution in [0.4, 0.5) is 0 Å². The topological polar surface area (TPSA) is 102 Å². The molecule has 0 aliphatic carbocycles. The van der Waals surface area contributed by atoms with E-state index in [2.05, 4.69) is 10.5 Å². The molecule has 7 nitrogen and oxygen atoms in total. The summed E-state index contributed by atoms with van der Waals surface area (Å²) >= 11 is 0. The van der Waals surface area contributed by atoms with Gasteiger partial charge >= 0.3 is 5.91 Å². The molecule has 0 bridgehead atoms. The summed E-state index contributed by atoms with van der Waals surface area (Å²) in [6.07, 6.45) is 0. The number of rotatable bonds is 6. The molecule has 0 radical (unpaired) electrons. The Morgan fingerprint density at radius 2 is 1.79 bits per heavy atom. The lowest BCUT2D eigenvalue weighted by atomic mass is 10.2. The minimum absolute atomic E-state index is 0.0186. The van der Waals surface area contributed by atoms with Gasteiger partial charge in [0.2, 0.25) is 0 Å². The standard InChI is InChI=1S/C20H20N2O5S/c1-13-11-18(15(3)26-13)14(2)21-22-20(23)19-10-9-16(27-19)12-28(24,25)17-7-5-4-6-8-17/h4-11H,12H2,1-3H3,(H,22,23)/b21-14-. The smallest absolute Gasteiger partial charge is 0.307 e. The fraction of sp³-hybridized carbons (Fsp3) is 0.200. The van der Waals surface area contributed by atoms with Crippen molar-refractivity contribution in [2.24, 2.45) is 5.10 Å². The minimum Gasteiger partial charge on any atom is -0.466 e. The number of hydrazone groups is 1. The van der Waals surface area contributed by atoms with E-state index in [1.54, 1.807) is 25.1 Å². The molecule has 0 spiro atoms. The average molecular weight is 400 g/mol. The van der Waals surface area contributed by atoms with E-state index in [1.807, 2.05) is 19.9 Å². The summed E-state index contributed by atoms with van der Waals surface area (Å²) in [5.41, 5.74) is 3.79. The molecule has 0 saturated heterocycles. The van der Waals surface area contributed by atoms with Crippen LogP contribution >= 0.6 is 0 Å². The first-order chi connectivity index (χ1) is 13.3. The molecule has 0 aliphatic rings. The molecule has 0 unspecified atom stereocenters. The van der Waals surface area contributed by atoms with Gasteiger partial charge in [-0.3, -0.25) is 4.79 Å². The number of amides is 1. The van der Waals surface area contributed by atoms with Crippen molar-refractivity contribution in [1.29, 1.82) is 0 Å². The number of carbonyl (C=O) groups excluding carboxylic acids is 1. The Labute approximate surface area is 163 Å². The van der Waals surface area contributed by atoms with Gasteiger partial charge in [0.1, 0.15) is 23.0 Å². The zero-order chi connectivity index (χ0) is 20.3. The van der Waals surface area contributed by atoms with E-state index in [4.69, 9.17) is 8.83 Å². The predicted octanol–water partition coefficient (Wildman–Crippen LogP) is 3.62. The minimum atomic E-state index is -3.55. The first-order valence-electron chi connectivity index (χ1n) is 8.55. The van der Waals surface area contributed by atoms with Gasteiger partial charge in [-0.1, -0.05) is 18.2 Å². The normalized spacial score (nSPS) is 12.2. The molecule has 8 heteroatoms. The fourth-order valence-electron chi connectivity index (χ4n) is 2.72. The number of sulfone groups is 1. The summed E-state index contributed by atoms with van der Waals surface area (Å²) < 4.78 is 35.6. The summed E-state index contributed by atoms with van der Waals surface area (Å²) in [6.45, 7) is 5.39. The number of hydrogen-bond acceptors (Lipinski definition) is 6. The number of furan rings is 2. The predicted molar refractivity (Wildman–Crippen MR) is 104 cm³/mol. The van der Waals surface area contributed by atoms with Crippen LogP contribution in [-0.4, -0.2) is 20.0 Å². The van der Waals surface area contributed by atoms with Crippen molar-refractivity contribution >= 4 is 21.5 Å². The van der Waals surface area contributed by atoms with Gasteiger partial charge in [0.25, 0.3) is 0 Å². The molecule has 0 fully saturated rings. The highest BCUT2D eigenvalue weighted by molar-refractivity contribution is 7.90. The molecule has 2 heterocycles. The monoisotopic (exact) mass is 400 g/mol. The summed E-state index contributed by atoms with van der Waals surface area (Å²) in [7, 11) is -3.55. The molecule has 2 aromatic heterocycles. The first kappa shape index (κ1) is 19.6. The second kappa shape index (κ2) is 7.85. The molecule has 146 valence electrons. The number of nitrogens with one attached hydrogen (secondary N) is 1. The number of aryl methyl sites for hydroxylation is 2. The van der Waals surface area contributed by atoms with Crippen LogP contribution in [0.3, 0.4) is 0 Å². The Bertz CT molecular complexity index is 1120. The summed E-state index contributed by atoms with van der Waals surface area (Å²) in [4.78, 5) is 12.4. The maximum atomic E-state index is 12.4. The molecule has 28 heavy (non-hydrogen) atoms. The molecule has 0 aliphatic heterocycles. The first-order valence-corrected chi connectivity index (χ1v) is 10.2. The van der Waals surface area contributed by atoms with E-state index in [9.17, 15) is 13.2 Å². The van der Waals surface area contributed by atoms with Gasteiger partial charge < -0.3 is 8.83 Å². The largest absolute Gasteiger partial charge is 0.466 e. The van der Waals surface area contributed by atoms with Crippen LogP contribution in [0.2, 0.25) is 0 Å². The molecule has 1 amide bonds. The quantitative estimate of drug-likeness (QED) is 0.503. The van der Waals surface area contributed by atoms with Gasteiger partial charge in [-0.2, -0.15) is 5.10 Å². The van der Waals surface area contributed by atoms with Crippen molar-refractivity contribution in [3.63, 3.8) is 0 Å².